The van der Waals surface area contributed by atoms with Crippen LogP contribution in [0.3, 0.4) is 0 Å². The Labute approximate surface area is 146 Å². The molecule has 0 saturated carbocycles. The molecule has 0 aromatic heterocycles. The second-order valence-corrected chi connectivity index (χ2v) is 14.2. The summed E-state index contributed by atoms with van der Waals surface area (Å²) in [5.74, 6) is 0. The van der Waals surface area contributed by atoms with Gasteiger partial charge in [0.05, 0.1) is 6.10 Å². The van der Waals surface area contributed by atoms with Crippen LogP contribution in [0.25, 0.3) is 6.08 Å². The van der Waals surface area contributed by atoms with Gasteiger partial charge in [0, 0.05) is 4.47 Å². The number of hydrogen-bond acceptors (Lipinski definition) is 1. The molecule has 0 saturated heterocycles. The van der Waals surface area contributed by atoms with Crippen molar-refractivity contribution in [2.24, 2.45) is 5.41 Å². The van der Waals surface area contributed by atoms with E-state index in [1.165, 1.54) is 5.56 Å². The van der Waals surface area contributed by atoms with Gasteiger partial charge in [-0.25, -0.2) is 0 Å². The van der Waals surface area contributed by atoms with Gasteiger partial charge in [-0.1, -0.05) is 87.8 Å². The van der Waals surface area contributed by atoms with Crippen molar-refractivity contribution >= 4 is 30.3 Å². The van der Waals surface area contributed by atoms with Gasteiger partial charge in [-0.3, -0.25) is 0 Å². The minimum absolute atomic E-state index is 0.0767. The molecule has 0 N–H and O–H groups in total. The van der Waals surface area contributed by atoms with Gasteiger partial charge in [0.2, 0.25) is 0 Å². The molecule has 0 heterocycles. The van der Waals surface area contributed by atoms with Crippen molar-refractivity contribution < 1.29 is 4.43 Å². The fourth-order valence-corrected chi connectivity index (χ4v) is 3.64. The molecule has 1 rings (SSSR count). The number of rotatable bonds is 4. The molecule has 0 bridgehead atoms. The zero-order valence-corrected chi connectivity index (χ0v) is 17.9. The molecule has 1 atom stereocenters. The highest BCUT2D eigenvalue weighted by Crippen LogP contribution is 2.40. The first-order chi connectivity index (χ1) is 9.84. The smallest absolute Gasteiger partial charge is 0.192 e. The maximum Gasteiger partial charge on any atom is 0.192 e. The van der Waals surface area contributed by atoms with E-state index in [2.05, 4.69) is 101 Å². The van der Waals surface area contributed by atoms with Crippen molar-refractivity contribution in [1.82, 2.24) is 0 Å². The predicted molar refractivity (Wildman–Crippen MR) is 105 cm³/mol. The van der Waals surface area contributed by atoms with E-state index < -0.39 is 8.32 Å². The van der Waals surface area contributed by atoms with Crippen LogP contribution in [-0.4, -0.2) is 14.4 Å². The number of hydrogen-bond donors (Lipinski definition) is 0. The molecule has 3 heteroatoms. The number of halogens is 1. The largest absolute Gasteiger partial charge is 0.410 e. The van der Waals surface area contributed by atoms with E-state index in [0.717, 1.165) is 4.47 Å². The fourth-order valence-electron chi connectivity index (χ4n) is 1.80. The van der Waals surface area contributed by atoms with Crippen molar-refractivity contribution in [3.05, 3.63) is 40.4 Å². The Kier molecular flexibility index (Phi) is 6.27. The first-order valence-electron chi connectivity index (χ1n) is 7.95. The van der Waals surface area contributed by atoms with Crippen molar-refractivity contribution in [2.75, 3.05) is 0 Å². The predicted octanol–water partition coefficient (Wildman–Crippen LogP) is 6.90. The van der Waals surface area contributed by atoms with Crippen LogP contribution in [-0.2, 0) is 4.43 Å². The van der Waals surface area contributed by atoms with Gasteiger partial charge in [-0.15, -0.1) is 0 Å². The molecular formula is C19H31BrOSi. The first-order valence-corrected chi connectivity index (χ1v) is 11.7. The van der Waals surface area contributed by atoms with Crippen molar-refractivity contribution in [3.63, 3.8) is 0 Å². The monoisotopic (exact) mass is 382 g/mol. The van der Waals surface area contributed by atoms with Crippen LogP contribution in [0.2, 0.25) is 18.1 Å². The van der Waals surface area contributed by atoms with Gasteiger partial charge >= 0.3 is 0 Å². The van der Waals surface area contributed by atoms with Gasteiger partial charge in [-0.05, 0) is 35.2 Å². The molecular weight excluding hydrogens is 352 g/mol. The number of benzene rings is 1. The van der Waals surface area contributed by atoms with E-state index in [1.54, 1.807) is 0 Å². The topological polar surface area (TPSA) is 9.23 Å². The summed E-state index contributed by atoms with van der Waals surface area (Å²) >= 11 is 3.61. The zero-order chi connectivity index (χ0) is 17.2. The van der Waals surface area contributed by atoms with E-state index in [9.17, 15) is 0 Å². The summed E-state index contributed by atoms with van der Waals surface area (Å²) in [7, 11) is -1.79. The van der Waals surface area contributed by atoms with Crippen molar-refractivity contribution in [2.45, 2.75) is 65.8 Å². The second kappa shape index (κ2) is 7.02. The Balaban J connectivity index is 3.04. The molecule has 22 heavy (non-hydrogen) atoms. The van der Waals surface area contributed by atoms with Crippen molar-refractivity contribution in [3.8, 4) is 0 Å². The van der Waals surface area contributed by atoms with E-state index >= 15 is 0 Å². The van der Waals surface area contributed by atoms with Gasteiger partial charge in [0.1, 0.15) is 0 Å². The molecule has 0 aliphatic heterocycles. The third-order valence-corrected chi connectivity index (χ3v) is 9.61. The molecule has 1 aromatic rings. The zero-order valence-electron chi connectivity index (χ0n) is 15.3. The average Bonchev–Trinajstić information content (AvgIpc) is 2.33. The fraction of sp³-hybridized carbons (Fsp3) is 0.579. The van der Waals surface area contributed by atoms with E-state index in [4.69, 9.17) is 4.43 Å². The Morgan fingerprint density at radius 1 is 1.05 bits per heavy atom. The summed E-state index contributed by atoms with van der Waals surface area (Å²) in [5, 5.41) is 0.220. The van der Waals surface area contributed by atoms with Crippen LogP contribution in [0, 0.1) is 5.41 Å². The normalized spacial score (nSPS) is 15.3. The summed E-state index contributed by atoms with van der Waals surface area (Å²) in [4.78, 5) is 0. The Morgan fingerprint density at radius 2 is 1.59 bits per heavy atom. The van der Waals surface area contributed by atoms with E-state index in [-0.39, 0.29) is 16.6 Å². The van der Waals surface area contributed by atoms with Crippen LogP contribution in [0.4, 0.5) is 0 Å². The summed E-state index contributed by atoms with van der Waals surface area (Å²) in [6, 6.07) is 8.28. The molecule has 1 nitrogen and oxygen atoms in total. The Hall–Kier alpha value is -0.383. The minimum Gasteiger partial charge on any atom is -0.410 e. The highest BCUT2D eigenvalue weighted by atomic mass is 79.9. The van der Waals surface area contributed by atoms with Crippen LogP contribution in [0.1, 0.15) is 47.1 Å². The lowest BCUT2D eigenvalue weighted by Gasteiger charge is -2.42. The third-order valence-electron chi connectivity index (χ3n) is 4.44. The Morgan fingerprint density at radius 3 is 2.05 bits per heavy atom. The quantitative estimate of drug-likeness (QED) is 0.514. The molecule has 124 valence electrons. The highest BCUT2D eigenvalue weighted by Gasteiger charge is 2.40. The molecule has 0 amide bonds. The SMILES string of the molecule is CC(C)(C)C(/C=C/c1ccccc1Br)O[Si](C)(C)C(C)(C)C. The lowest BCUT2D eigenvalue weighted by Crippen LogP contribution is -2.46. The minimum atomic E-state index is -1.79. The maximum atomic E-state index is 6.67. The van der Waals surface area contributed by atoms with Crippen LogP contribution < -0.4 is 0 Å². The van der Waals surface area contributed by atoms with Gasteiger partial charge in [-0.2, -0.15) is 0 Å². The lowest BCUT2D eigenvalue weighted by molar-refractivity contribution is 0.114. The first kappa shape index (κ1) is 19.7. The third kappa shape index (κ3) is 5.36. The summed E-state index contributed by atoms with van der Waals surface area (Å²) in [6.07, 6.45) is 4.51. The summed E-state index contributed by atoms with van der Waals surface area (Å²) in [5.41, 5.74) is 1.27. The van der Waals surface area contributed by atoms with Crippen LogP contribution in [0.5, 0.6) is 0 Å². The summed E-state index contributed by atoms with van der Waals surface area (Å²) in [6.45, 7) is 18.2. The standard InChI is InChI=1S/C19H31BrOSi/c1-18(2,3)17(21-22(7,8)19(4,5)6)14-13-15-11-9-10-12-16(15)20/h9-14,17H,1-8H3/b14-13+. The Bertz CT molecular complexity index is 521. The van der Waals surface area contributed by atoms with Crippen LogP contribution in [0.15, 0.2) is 34.8 Å². The lowest BCUT2D eigenvalue weighted by atomic mass is 9.89. The highest BCUT2D eigenvalue weighted by molar-refractivity contribution is 9.10. The molecule has 0 fully saturated rings. The average molecular weight is 383 g/mol. The molecule has 1 aromatic carbocycles. The van der Waals surface area contributed by atoms with Crippen LogP contribution >= 0.6 is 15.9 Å². The van der Waals surface area contributed by atoms with Gasteiger partial charge in [0.25, 0.3) is 0 Å². The van der Waals surface area contributed by atoms with Gasteiger partial charge < -0.3 is 4.43 Å². The molecule has 0 radical (unpaired) electrons. The van der Waals surface area contributed by atoms with E-state index in [1.807, 2.05) is 6.07 Å². The molecule has 0 aliphatic rings. The molecule has 0 spiro atoms. The molecule has 0 aliphatic carbocycles. The maximum absolute atomic E-state index is 6.67. The van der Waals surface area contributed by atoms with Crippen molar-refractivity contribution in [1.29, 1.82) is 0 Å². The van der Waals surface area contributed by atoms with Gasteiger partial charge in [0.15, 0.2) is 8.32 Å². The molecule has 1 unspecified atom stereocenters. The second-order valence-electron chi connectivity index (χ2n) is 8.55. The summed E-state index contributed by atoms with van der Waals surface area (Å²) < 4.78 is 7.78. The van der Waals surface area contributed by atoms with E-state index in [0.29, 0.717) is 0 Å².